The van der Waals surface area contributed by atoms with Crippen LogP contribution in [-0.4, -0.2) is 48.6 Å². The zero-order chi connectivity index (χ0) is 20.7. The highest BCUT2D eigenvalue weighted by Gasteiger charge is 2.30. The number of halogens is 3. The number of amides is 1. The predicted octanol–water partition coefficient (Wildman–Crippen LogP) is 3.11. The van der Waals surface area contributed by atoms with Gasteiger partial charge in [0.1, 0.15) is 5.58 Å². The maximum Gasteiger partial charge on any atom is 0.411 e. The minimum absolute atomic E-state index is 0.0141. The van der Waals surface area contributed by atoms with Gasteiger partial charge in [-0.05, 0) is 31.0 Å². The SMILES string of the molecule is CCOC(=O)Nc1ccc2c(CN(CCCO)CC(F)(F)F)cc(=O)oc2c1. The zero-order valence-corrected chi connectivity index (χ0v) is 15.2. The van der Waals surface area contributed by atoms with Crippen molar-refractivity contribution in [3.05, 3.63) is 40.2 Å². The molecule has 28 heavy (non-hydrogen) atoms. The van der Waals surface area contributed by atoms with Crippen molar-refractivity contribution in [2.24, 2.45) is 0 Å². The minimum Gasteiger partial charge on any atom is -0.450 e. The van der Waals surface area contributed by atoms with Crippen molar-refractivity contribution in [3.63, 3.8) is 0 Å². The number of hydrogen-bond donors (Lipinski definition) is 2. The molecule has 0 atom stereocenters. The molecule has 1 amide bonds. The van der Waals surface area contributed by atoms with E-state index in [1.807, 2.05) is 0 Å². The zero-order valence-electron chi connectivity index (χ0n) is 15.2. The molecule has 0 fully saturated rings. The summed E-state index contributed by atoms with van der Waals surface area (Å²) >= 11 is 0. The van der Waals surface area contributed by atoms with E-state index in [0.29, 0.717) is 16.6 Å². The largest absolute Gasteiger partial charge is 0.450 e. The number of nitrogens with zero attached hydrogens (tertiary/aromatic N) is 1. The van der Waals surface area contributed by atoms with E-state index >= 15 is 0 Å². The number of hydrogen-bond acceptors (Lipinski definition) is 6. The van der Waals surface area contributed by atoms with Gasteiger partial charge in [0.15, 0.2) is 0 Å². The molecule has 2 N–H and O–H groups in total. The molecule has 0 saturated carbocycles. The molecule has 0 aliphatic heterocycles. The summed E-state index contributed by atoms with van der Waals surface area (Å²) in [5, 5.41) is 11.8. The summed E-state index contributed by atoms with van der Waals surface area (Å²) in [5.41, 5.74) is 0.0885. The van der Waals surface area contributed by atoms with Crippen LogP contribution >= 0.6 is 0 Å². The summed E-state index contributed by atoms with van der Waals surface area (Å²) in [5.74, 6) is 0. The molecule has 2 aromatic rings. The van der Waals surface area contributed by atoms with Gasteiger partial charge in [0.25, 0.3) is 0 Å². The quantitative estimate of drug-likeness (QED) is 0.660. The minimum atomic E-state index is -4.42. The van der Waals surface area contributed by atoms with Crippen LogP contribution in [0, 0.1) is 0 Å². The lowest BCUT2D eigenvalue weighted by atomic mass is 10.1. The second kappa shape index (κ2) is 9.56. The van der Waals surface area contributed by atoms with Crippen LogP contribution in [0.5, 0.6) is 0 Å². The molecule has 2 rings (SSSR count). The van der Waals surface area contributed by atoms with Gasteiger partial charge in [0.2, 0.25) is 0 Å². The highest BCUT2D eigenvalue weighted by molar-refractivity contribution is 5.89. The van der Waals surface area contributed by atoms with Crippen molar-refractivity contribution in [3.8, 4) is 0 Å². The number of nitrogens with one attached hydrogen (secondary N) is 1. The lowest BCUT2D eigenvalue weighted by molar-refractivity contribution is -0.147. The summed E-state index contributed by atoms with van der Waals surface area (Å²) in [7, 11) is 0. The Kier molecular flexibility index (Phi) is 7.41. The van der Waals surface area contributed by atoms with Crippen molar-refractivity contribution >= 4 is 22.7 Å². The first-order valence-corrected chi connectivity index (χ1v) is 8.62. The number of benzene rings is 1. The van der Waals surface area contributed by atoms with Gasteiger partial charge in [-0.15, -0.1) is 0 Å². The van der Waals surface area contributed by atoms with Crippen LogP contribution in [0.3, 0.4) is 0 Å². The van der Waals surface area contributed by atoms with Crippen LogP contribution in [0.15, 0.2) is 33.5 Å². The van der Waals surface area contributed by atoms with E-state index in [1.165, 1.54) is 12.1 Å². The summed E-state index contributed by atoms with van der Waals surface area (Å²) in [6.45, 7) is 0.287. The Morgan fingerprint density at radius 2 is 2.07 bits per heavy atom. The third-order valence-electron chi connectivity index (χ3n) is 3.78. The smallest absolute Gasteiger partial charge is 0.411 e. The number of ether oxygens (including phenoxy) is 1. The molecule has 0 unspecified atom stereocenters. The molecule has 1 heterocycles. The van der Waals surface area contributed by atoms with Crippen molar-refractivity contribution in [1.29, 1.82) is 0 Å². The normalized spacial score (nSPS) is 11.8. The molecular weight excluding hydrogens is 381 g/mol. The van der Waals surface area contributed by atoms with Gasteiger partial charge < -0.3 is 14.3 Å². The van der Waals surface area contributed by atoms with E-state index in [4.69, 9.17) is 14.3 Å². The van der Waals surface area contributed by atoms with Gasteiger partial charge in [-0.2, -0.15) is 13.2 Å². The second-order valence-electron chi connectivity index (χ2n) is 6.05. The molecule has 0 spiro atoms. The molecular formula is C18H21F3N2O5. The third kappa shape index (κ3) is 6.54. The van der Waals surface area contributed by atoms with Gasteiger partial charge in [0.05, 0.1) is 13.2 Å². The van der Waals surface area contributed by atoms with Crippen LogP contribution in [0.2, 0.25) is 0 Å². The van der Waals surface area contributed by atoms with Gasteiger partial charge in [-0.25, -0.2) is 9.59 Å². The Morgan fingerprint density at radius 1 is 1.32 bits per heavy atom. The monoisotopic (exact) mass is 402 g/mol. The highest BCUT2D eigenvalue weighted by Crippen LogP contribution is 2.24. The summed E-state index contributed by atoms with van der Waals surface area (Å²) in [4.78, 5) is 24.5. The van der Waals surface area contributed by atoms with Crippen LogP contribution in [0.4, 0.5) is 23.7 Å². The summed E-state index contributed by atoms with van der Waals surface area (Å²) in [6.07, 6.45) is -4.93. The van der Waals surface area contributed by atoms with Crippen LogP contribution in [0.1, 0.15) is 18.9 Å². The molecule has 1 aromatic carbocycles. The lowest BCUT2D eigenvalue weighted by Gasteiger charge is -2.23. The molecule has 0 aliphatic carbocycles. The van der Waals surface area contributed by atoms with Crippen LogP contribution in [0.25, 0.3) is 11.0 Å². The fourth-order valence-electron chi connectivity index (χ4n) is 2.73. The standard InChI is InChI=1S/C18H21F3N2O5/c1-2-27-17(26)22-13-4-5-14-12(8-16(25)28-15(14)9-13)10-23(6-3-7-24)11-18(19,20)21/h4-5,8-9,24H,2-3,6-7,10-11H2,1H3,(H,22,26). The Labute approximate surface area is 158 Å². The van der Waals surface area contributed by atoms with E-state index < -0.39 is 24.4 Å². The maximum atomic E-state index is 12.8. The Morgan fingerprint density at radius 3 is 2.71 bits per heavy atom. The summed E-state index contributed by atoms with van der Waals surface area (Å²) in [6, 6.07) is 5.62. The second-order valence-corrected chi connectivity index (χ2v) is 6.05. The number of aliphatic hydroxyl groups is 1. The van der Waals surface area contributed by atoms with Gasteiger partial charge >= 0.3 is 17.9 Å². The van der Waals surface area contributed by atoms with Gasteiger partial charge in [-0.3, -0.25) is 10.2 Å². The van der Waals surface area contributed by atoms with E-state index in [9.17, 15) is 22.8 Å². The highest BCUT2D eigenvalue weighted by atomic mass is 19.4. The van der Waals surface area contributed by atoms with Crippen molar-refractivity contribution in [1.82, 2.24) is 4.90 Å². The first-order chi connectivity index (χ1) is 13.2. The molecule has 7 nitrogen and oxygen atoms in total. The average molecular weight is 402 g/mol. The fourth-order valence-corrected chi connectivity index (χ4v) is 2.73. The van der Waals surface area contributed by atoms with Crippen LogP contribution in [-0.2, 0) is 11.3 Å². The molecule has 0 bridgehead atoms. The van der Waals surface area contributed by atoms with E-state index in [-0.39, 0.29) is 38.3 Å². The number of fused-ring (bicyclic) bond motifs is 1. The molecule has 154 valence electrons. The van der Waals surface area contributed by atoms with E-state index in [2.05, 4.69) is 5.32 Å². The lowest BCUT2D eigenvalue weighted by Crippen LogP contribution is -2.35. The number of alkyl halides is 3. The molecule has 0 radical (unpaired) electrons. The molecule has 10 heteroatoms. The topological polar surface area (TPSA) is 92.0 Å². The third-order valence-corrected chi connectivity index (χ3v) is 3.78. The molecule has 0 aliphatic rings. The summed E-state index contributed by atoms with van der Waals surface area (Å²) < 4.78 is 48.4. The first-order valence-electron chi connectivity index (χ1n) is 8.62. The molecule has 0 saturated heterocycles. The van der Waals surface area contributed by atoms with Crippen molar-refractivity contribution in [2.45, 2.75) is 26.1 Å². The Hall–Kier alpha value is -2.59. The van der Waals surface area contributed by atoms with E-state index in [0.717, 1.165) is 11.0 Å². The number of carbonyl (C=O) groups excluding carboxylic acids is 1. The number of rotatable bonds is 8. The van der Waals surface area contributed by atoms with Gasteiger partial charge in [0, 0.05) is 42.9 Å². The van der Waals surface area contributed by atoms with Gasteiger partial charge in [-0.1, -0.05) is 0 Å². The van der Waals surface area contributed by atoms with E-state index in [1.54, 1.807) is 13.0 Å². The number of carbonyl (C=O) groups is 1. The number of anilines is 1. The number of aliphatic hydroxyl groups excluding tert-OH is 1. The average Bonchev–Trinajstić information content (AvgIpc) is 2.58. The molecule has 1 aromatic heterocycles. The first kappa shape index (κ1) is 21.7. The van der Waals surface area contributed by atoms with Crippen molar-refractivity contribution in [2.75, 3.05) is 31.6 Å². The predicted molar refractivity (Wildman–Crippen MR) is 96.2 cm³/mol. The fraction of sp³-hybridized carbons (Fsp3) is 0.444. The van der Waals surface area contributed by atoms with Crippen molar-refractivity contribution < 1.29 is 32.2 Å². The Balaban J connectivity index is 2.32. The van der Waals surface area contributed by atoms with Crippen LogP contribution < -0.4 is 10.9 Å². The maximum absolute atomic E-state index is 12.8. The Bertz CT molecular complexity index is 866.